The normalized spacial score (nSPS) is 32.6. The molecule has 5 heteroatoms. The minimum atomic E-state index is -0.158. The lowest BCUT2D eigenvalue weighted by Gasteiger charge is -2.37. The van der Waals surface area contributed by atoms with Crippen LogP contribution in [0.3, 0.4) is 0 Å². The van der Waals surface area contributed by atoms with Crippen LogP contribution in [0.5, 0.6) is 0 Å². The van der Waals surface area contributed by atoms with Crippen molar-refractivity contribution >= 4 is 11.8 Å². The summed E-state index contributed by atoms with van der Waals surface area (Å²) in [6, 6.07) is 0.840. The third-order valence-electron chi connectivity index (χ3n) is 3.55. The van der Waals surface area contributed by atoms with Crippen LogP contribution in [-0.2, 0) is 9.59 Å². The molecule has 0 radical (unpaired) electrons. The summed E-state index contributed by atoms with van der Waals surface area (Å²) in [5.41, 5.74) is 5.93. The molecular weight excluding hydrogens is 206 g/mol. The molecule has 2 aliphatic rings. The first-order chi connectivity index (χ1) is 7.58. The zero-order chi connectivity index (χ0) is 11.7. The van der Waals surface area contributed by atoms with Crippen molar-refractivity contribution in [1.29, 1.82) is 0 Å². The van der Waals surface area contributed by atoms with Gasteiger partial charge >= 0.3 is 0 Å². The van der Waals surface area contributed by atoms with Gasteiger partial charge in [0.2, 0.25) is 11.8 Å². The summed E-state index contributed by atoms with van der Waals surface area (Å²) in [5, 5.41) is 2.56. The lowest BCUT2D eigenvalue weighted by atomic mass is 9.98. The highest BCUT2D eigenvalue weighted by molar-refractivity contribution is 5.84. The quantitative estimate of drug-likeness (QED) is 0.671. The van der Waals surface area contributed by atoms with Gasteiger partial charge in [-0.3, -0.25) is 9.59 Å². The van der Waals surface area contributed by atoms with Gasteiger partial charge in [0.25, 0.3) is 0 Å². The molecule has 0 aliphatic carbocycles. The van der Waals surface area contributed by atoms with Crippen LogP contribution < -0.4 is 11.1 Å². The summed E-state index contributed by atoms with van der Waals surface area (Å²) >= 11 is 0. The molecule has 2 rings (SSSR count). The number of nitrogens with two attached hydrogens (primary N) is 1. The number of carbonyl (C=O) groups excluding carboxylic acids is 2. The van der Waals surface area contributed by atoms with Crippen LogP contribution in [0.2, 0.25) is 0 Å². The average Bonchev–Trinajstić information content (AvgIpc) is 2.48. The molecule has 90 valence electrons. The van der Waals surface area contributed by atoms with Crippen LogP contribution in [0.25, 0.3) is 0 Å². The maximum atomic E-state index is 11.9. The molecule has 2 fully saturated rings. The molecule has 5 nitrogen and oxygen atoms in total. The van der Waals surface area contributed by atoms with E-state index in [0.29, 0.717) is 12.1 Å². The first-order valence-corrected chi connectivity index (χ1v) is 5.89. The molecule has 2 aliphatic heterocycles. The SMILES string of the molecule is CC(=O)NCC(=O)N1C2CCC1CC(N)C2. The molecule has 3 N–H and O–H groups in total. The number of amides is 2. The number of hydrogen-bond donors (Lipinski definition) is 2. The molecule has 0 aromatic carbocycles. The summed E-state index contributed by atoms with van der Waals surface area (Å²) < 4.78 is 0. The number of fused-ring (bicyclic) bond motifs is 2. The number of nitrogens with zero attached hydrogens (tertiary/aromatic N) is 1. The molecule has 0 spiro atoms. The fourth-order valence-electron chi connectivity index (χ4n) is 2.92. The molecule has 2 heterocycles. The van der Waals surface area contributed by atoms with Crippen LogP contribution in [0, 0.1) is 0 Å². The highest BCUT2D eigenvalue weighted by Gasteiger charge is 2.41. The van der Waals surface area contributed by atoms with Crippen molar-refractivity contribution in [2.45, 2.75) is 50.7 Å². The van der Waals surface area contributed by atoms with E-state index in [4.69, 9.17) is 5.73 Å². The first kappa shape index (κ1) is 11.4. The zero-order valence-corrected chi connectivity index (χ0v) is 9.61. The van der Waals surface area contributed by atoms with E-state index in [1.807, 2.05) is 4.90 Å². The van der Waals surface area contributed by atoms with E-state index in [2.05, 4.69) is 5.32 Å². The lowest BCUT2D eigenvalue weighted by molar-refractivity contribution is -0.136. The summed E-state index contributed by atoms with van der Waals surface area (Å²) in [4.78, 5) is 24.6. The summed E-state index contributed by atoms with van der Waals surface area (Å²) in [5.74, 6) is -0.121. The third kappa shape index (κ3) is 2.19. The minimum absolute atomic E-state index is 0.0367. The van der Waals surface area contributed by atoms with Crippen molar-refractivity contribution in [3.05, 3.63) is 0 Å². The van der Waals surface area contributed by atoms with Crippen molar-refractivity contribution in [1.82, 2.24) is 10.2 Å². The molecule has 2 saturated heterocycles. The monoisotopic (exact) mass is 225 g/mol. The van der Waals surface area contributed by atoms with Gasteiger partial charge in [-0.15, -0.1) is 0 Å². The molecule has 0 saturated carbocycles. The number of hydrogen-bond acceptors (Lipinski definition) is 3. The summed E-state index contributed by atoms with van der Waals surface area (Å²) in [7, 11) is 0. The average molecular weight is 225 g/mol. The van der Waals surface area contributed by atoms with Gasteiger partial charge in [0.1, 0.15) is 0 Å². The Hall–Kier alpha value is -1.10. The minimum Gasteiger partial charge on any atom is -0.347 e. The van der Waals surface area contributed by atoms with Crippen LogP contribution >= 0.6 is 0 Å². The highest BCUT2D eigenvalue weighted by atomic mass is 16.2. The van der Waals surface area contributed by atoms with Crippen LogP contribution in [0.15, 0.2) is 0 Å². The topological polar surface area (TPSA) is 75.4 Å². The second kappa shape index (κ2) is 4.41. The first-order valence-electron chi connectivity index (χ1n) is 5.89. The Kier molecular flexibility index (Phi) is 3.14. The fraction of sp³-hybridized carbons (Fsp3) is 0.818. The maximum absolute atomic E-state index is 11.9. The maximum Gasteiger partial charge on any atom is 0.242 e. The van der Waals surface area contributed by atoms with E-state index >= 15 is 0 Å². The van der Waals surface area contributed by atoms with Gasteiger partial charge in [-0.1, -0.05) is 0 Å². The Morgan fingerprint density at radius 1 is 1.31 bits per heavy atom. The van der Waals surface area contributed by atoms with E-state index in [1.54, 1.807) is 0 Å². The standard InChI is InChI=1S/C11H19N3O2/c1-7(15)13-6-11(16)14-9-2-3-10(14)5-8(12)4-9/h8-10H,2-6,12H2,1H3,(H,13,15). The predicted molar refractivity (Wildman–Crippen MR) is 59.5 cm³/mol. The van der Waals surface area contributed by atoms with Crippen molar-refractivity contribution < 1.29 is 9.59 Å². The Morgan fingerprint density at radius 3 is 2.38 bits per heavy atom. The molecule has 0 aromatic heterocycles. The molecule has 2 atom stereocenters. The number of nitrogens with one attached hydrogen (secondary N) is 1. The van der Waals surface area contributed by atoms with Crippen LogP contribution in [0.1, 0.15) is 32.6 Å². The Morgan fingerprint density at radius 2 is 1.88 bits per heavy atom. The van der Waals surface area contributed by atoms with Gasteiger partial charge in [-0.25, -0.2) is 0 Å². The zero-order valence-electron chi connectivity index (χ0n) is 9.61. The van der Waals surface area contributed by atoms with Gasteiger partial charge in [-0.2, -0.15) is 0 Å². The van der Waals surface area contributed by atoms with Gasteiger partial charge < -0.3 is 16.0 Å². The van der Waals surface area contributed by atoms with Crippen LogP contribution in [0.4, 0.5) is 0 Å². The Labute approximate surface area is 95.3 Å². The number of carbonyl (C=O) groups is 2. The van der Waals surface area contributed by atoms with E-state index in [0.717, 1.165) is 25.7 Å². The number of piperidine rings is 1. The van der Waals surface area contributed by atoms with E-state index < -0.39 is 0 Å². The summed E-state index contributed by atoms with van der Waals surface area (Å²) in [6.45, 7) is 1.55. The van der Waals surface area contributed by atoms with E-state index in [9.17, 15) is 9.59 Å². The third-order valence-corrected chi connectivity index (χ3v) is 3.55. The molecule has 2 unspecified atom stereocenters. The molecular formula is C11H19N3O2. The van der Waals surface area contributed by atoms with Gasteiger partial charge in [0.15, 0.2) is 0 Å². The van der Waals surface area contributed by atoms with Gasteiger partial charge in [0, 0.05) is 25.0 Å². The van der Waals surface area contributed by atoms with Crippen LogP contribution in [-0.4, -0.2) is 41.4 Å². The van der Waals surface area contributed by atoms with Crippen molar-refractivity contribution in [3.8, 4) is 0 Å². The van der Waals surface area contributed by atoms with Crippen molar-refractivity contribution in [3.63, 3.8) is 0 Å². The van der Waals surface area contributed by atoms with Crippen molar-refractivity contribution in [2.24, 2.45) is 5.73 Å². The highest BCUT2D eigenvalue weighted by Crippen LogP contribution is 2.34. The molecule has 2 amide bonds. The second-order valence-corrected chi connectivity index (χ2v) is 4.83. The fourth-order valence-corrected chi connectivity index (χ4v) is 2.92. The second-order valence-electron chi connectivity index (χ2n) is 4.83. The largest absolute Gasteiger partial charge is 0.347 e. The molecule has 2 bridgehead atoms. The smallest absolute Gasteiger partial charge is 0.242 e. The number of rotatable bonds is 2. The Bertz CT molecular complexity index is 292. The summed E-state index contributed by atoms with van der Waals surface area (Å²) in [6.07, 6.45) is 3.93. The van der Waals surface area contributed by atoms with Gasteiger partial charge in [-0.05, 0) is 25.7 Å². The lowest BCUT2D eigenvalue weighted by Crippen LogP contribution is -2.52. The van der Waals surface area contributed by atoms with E-state index in [1.165, 1.54) is 6.92 Å². The molecule has 0 aromatic rings. The predicted octanol–water partition coefficient (Wildman–Crippen LogP) is -0.397. The Balaban J connectivity index is 1.95. The van der Waals surface area contributed by atoms with Gasteiger partial charge in [0.05, 0.1) is 6.54 Å². The molecule has 16 heavy (non-hydrogen) atoms. The van der Waals surface area contributed by atoms with E-state index in [-0.39, 0.29) is 24.4 Å². The van der Waals surface area contributed by atoms with Crippen molar-refractivity contribution in [2.75, 3.05) is 6.54 Å².